The molecule has 0 unspecified atom stereocenters. The van der Waals surface area contributed by atoms with Gasteiger partial charge in [-0.3, -0.25) is 9.59 Å². The molecule has 0 saturated heterocycles. The summed E-state index contributed by atoms with van der Waals surface area (Å²) in [5.74, 6) is -0.460. The highest BCUT2D eigenvalue weighted by Crippen LogP contribution is 2.42. The van der Waals surface area contributed by atoms with Crippen LogP contribution in [0.1, 0.15) is 31.8 Å². The quantitative estimate of drug-likeness (QED) is 0.580. The summed E-state index contributed by atoms with van der Waals surface area (Å²) >= 11 is 15.9. The van der Waals surface area contributed by atoms with Gasteiger partial charge in [-0.25, -0.2) is 0 Å². The number of hydrogen-bond donors (Lipinski definition) is 1. The van der Waals surface area contributed by atoms with Crippen molar-refractivity contribution in [3.8, 4) is 0 Å². The molecule has 120 valence electrons. The summed E-state index contributed by atoms with van der Waals surface area (Å²) in [6.45, 7) is 1.85. The van der Waals surface area contributed by atoms with E-state index in [9.17, 15) is 9.59 Å². The van der Waals surface area contributed by atoms with Crippen LogP contribution in [0.2, 0.25) is 10.0 Å². The van der Waals surface area contributed by atoms with Crippen LogP contribution in [0.5, 0.6) is 0 Å². The Morgan fingerprint density at radius 2 is 1.75 bits per heavy atom. The first-order valence-corrected chi connectivity index (χ1v) is 8.80. The molecule has 2 aliphatic rings. The van der Waals surface area contributed by atoms with Crippen LogP contribution in [-0.2, 0) is 6.42 Å². The second-order valence-corrected chi connectivity index (χ2v) is 7.44. The van der Waals surface area contributed by atoms with Gasteiger partial charge in [-0.15, -0.1) is 0 Å². The minimum atomic E-state index is -0.264. The number of allylic oxidation sites excluding steroid dienone is 2. The molecule has 0 aromatic heterocycles. The summed E-state index contributed by atoms with van der Waals surface area (Å²) in [4.78, 5) is 25.6. The molecular weight excluding hydrogens is 413 g/mol. The molecule has 0 saturated carbocycles. The second-order valence-electron chi connectivity index (χ2n) is 5.83. The minimum Gasteiger partial charge on any atom is -0.351 e. The topological polar surface area (TPSA) is 46.2 Å². The second kappa shape index (κ2) is 5.45. The van der Waals surface area contributed by atoms with E-state index in [1.807, 2.05) is 19.1 Å². The molecule has 0 atom stereocenters. The summed E-state index contributed by atoms with van der Waals surface area (Å²) in [5.41, 5.74) is 3.91. The molecule has 3 nitrogen and oxygen atoms in total. The molecule has 0 amide bonds. The Balaban J connectivity index is 1.86. The first-order valence-electron chi connectivity index (χ1n) is 7.25. The molecule has 0 fully saturated rings. The lowest BCUT2D eigenvalue weighted by atomic mass is 10.0. The summed E-state index contributed by atoms with van der Waals surface area (Å²) in [5, 5.41) is 3.85. The zero-order valence-corrected chi connectivity index (χ0v) is 15.6. The van der Waals surface area contributed by atoms with Gasteiger partial charge in [0.1, 0.15) is 0 Å². The van der Waals surface area contributed by atoms with Crippen LogP contribution < -0.4 is 5.32 Å². The van der Waals surface area contributed by atoms with Crippen molar-refractivity contribution in [1.82, 2.24) is 0 Å². The molecule has 1 heterocycles. The maximum absolute atomic E-state index is 12.8. The summed E-state index contributed by atoms with van der Waals surface area (Å²) < 4.78 is 0.643. The zero-order valence-electron chi connectivity index (χ0n) is 12.5. The fraction of sp³-hybridized carbons (Fsp3) is 0.111. The molecule has 0 spiro atoms. The SMILES string of the molecule is Cc1ccc2c(c1Cl)C(=O)/C(=C1\Nc3ccc(Br)c(Cl)c3C1=O)C2. The largest absolute Gasteiger partial charge is 0.351 e. The third-order valence-corrected chi connectivity index (χ3v) is 6.17. The zero-order chi connectivity index (χ0) is 17.2. The molecule has 1 N–H and O–H groups in total. The molecule has 1 aliphatic carbocycles. The Labute approximate surface area is 156 Å². The number of nitrogens with one attached hydrogen (secondary N) is 1. The van der Waals surface area contributed by atoms with Crippen molar-refractivity contribution in [3.05, 3.63) is 72.3 Å². The molecule has 0 bridgehead atoms. The van der Waals surface area contributed by atoms with Crippen molar-refractivity contribution >= 4 is 56.4 Å². The molecular formula is C18H10BrCl2NO2. The normalized spacial score (nSPS) is 18.7. The lowest BCUT2D eigenvalue weighted by Gasteiger charge is -2.03. The molecule has 4 rings (SSSR count). The number of halogens is 3. The number of aryl methyl sites for hydroxylation is 1. The van der Waals surface area contributed by atoms with Gasteiger partial charge in [0, 0.05) is 22.0 Å². The number of fused-ring (bicyclic) bond motifs is 2. The Kier molecular flexibility index (Phi) is 3.60. The number of benzene rings is 2. The van der Waals surface area contributed by atoms with Crippen LogP contribution in [0.4, 0.5) is 5.69 Å². The number of Topliss-reactive ketones (excluding diaryl/α,β-unsaturated/α-hetero) is 2. The summed E-state index contributed by atoms with van der Waals surface area (Å²) in [6.07, 6.45) is 0.384. The van der Waals surface area contributed by atoms with E-state index in [0.717, 1.165) is 11.1 Å². The van der Waals surface area contributed by atoms with Crippen LogP contribution in [0.3, 0.4) is 0 Å². The maximum atomic E-state index is 12.8. The third-order valence-electron chi connectivity index (χ3n) is 4.40. The van der Waals surface area contributed by atoms with Gasteiger partial charge in [0.05, 0.1) is 27.0 Å². The van der Waals surface area contributed by atoms with E-state index in [-0.39, 0.29) is 11.6 Å². The van der Waals surface area contributed by atoms with E-state index in [1.54, 1.807) is 12.1 Å². The first-order chi connectivity index (χ1) is 11.4. The molecule has 2 aromatic rings. The van der Waals surface area contributed by atoms with Crippen molar-refractivity contribution < 1.29 is 9.59 Å². The standard InChI is InChI=1S/C18H10BrCl2NO2/c1-7-2-3-8-6-9(17(23)12(8)14(7)20)16-18(24)13-11(22-16)5-4-10(19)15(13)21/h2-5,22H,6H2,1H3/b16-9-. The predicted octanol–water partition coefficient (Wildman–Crippen LogP) is 5.37. The monoisotopic (exact) mass is 421 g/mol. The van der Waals surface area contributed by atoms with Gasteiger partial charge >= 0.3 is 0 Å². The van der Waals surface area contributed by atoms with E-state index in [4.69, 9.17) is 23.2 Å². The highest BCUT2D eigenvalue weighted by molar-refractivity contribution is 9.10. The molecule has 6 heteroatoms. The highest BCUT2D eigenvalue weighted by atomic mass is 79.9. The number of carbonyl (C=O) groups excluding carboxylic acids is 2. The fourth-order valence-corrected chi connectivity index (χ4v) is 3.99. The number of ketones is 2. The predicted molar refractivity (Wildman–Crippen MR) is 98.4 cm³/mol. The Bertz CT molecular complexity index is 915. The van der Waals surface area contributed by atoms with Gasteiger partial charge in [-0.2, -0.15) is 0 Å². The summed E-state index contributed by atoms with van der Waals surface area (Å²) in [7, 11) is 0. The van der Waals surface area contributed by atoms with Gasteiger partial charge in [0.25, 0.3) is 0 Å². The van der Waals surface area contributed by atoms with Gasteiger partial charge in [0.15, 0.2) is 5.78 Å². The van der Waals surface area contributed by atoms with E-state index in [1.165, 1.54) is 0 Å². The number of hydrogen-bond acceptors (Lipinski definition) is 3. The minimum absolute atomic E-state index is 0.197. The first kappa shape index (κ1) is 15.9. The van der Waals surface area contributed by atoms with Crippen molar-refractivity contribution in [2.24, 2.45) is 0 Å². The maximum Gasteiger partial charge on any atom is 0.213 e. The Hall–Kier alpha value is -1.62. The fourth-order valence-electron chi connectivity index (χ4n) is 3.14. The Morgan fingerprint density at radius 3 is 2.50 bits per heavy atom. The lowest BCUT2D eigenvalue weighted by Crippen LogP contribution is -2.10. The van der Waals surface area contributed by atoms with Crippen LogP contribution in [0.15, 0.2) is 40.0 Å². The van der Waals surface area contributed by atoms with Crippen LogP contribution in [-0.4, -0.2) is 11.6 Å². The van der Waals surface area contributed by atoms with Crippen LogP contribution >= 0.6 is 39.1 Å². The average Bonchev–Trinajstić information content (AvgIpc) is 3.05. The van der Waals surface area contributed by atoms with Gasteiger partial charge < -0.3 is 5.32 Å². The van der Waals surface area contributed by atoms with Crippen molar-refractivity contribution in [2.75, 3.05) is 5.32 Å². The van der Waals surface area contributed by atoms with Crippen LogP contribution in [0.25, 0.3) is 0 Å². The number of anilines is 1. The number of carbonyl (C=O) groups is 2. The van der Waals surface area contributed by atoms with E-state index >= 15 is 0 Å². The van der Waals surface area contributed by atoms with E-state index in [2.05, 4.69) is 21.2 Å². The van der Waals surface area contributed by atoms with Gasteiger partial charge in [-0.1, -0.05) is 35.3 Å². The van der Waals surface area contributed by atoms with Crippen LogP contribution in [0, 0.1) is 6.92 Å². The Morgan fingerprint density at radius 1 is 1.00 bits per heavy atom. The molecule has 0 radical (unpaired) electrons. The lowest BCUT2D eigenvalue weighted by molar-refractivity contribution is 0.101. The highest BCUT2D eigenvalue weighted by Gasteiger charge is 2.37. The smallest absolute Gasteiger partial charge is 0.213 e. The van der Waals surface area contributed by atoms with Crippen molar-refractivity contribution in [2.45, 2.75) is 13.3 Å². The third kappa shape index (κ3) is 2.10. The summed E-state index contributed by atoms with van der Waals surface area (Å²) in [6, 6.07) is 7.30. The average molecular weight is 423 g/mol. The van der Waals surface area contributed by atoms with Gasteiger partial charge in [0.2, 0.25) is 5.78 Å². The molecule has 1 aliphatic heterocycles. The number of rotatable bonds is 0. The molecule has 2 aromatic carbocycles. The van der Waals surface area contributed by atoms with E-state index in [0.29, 0.717) is 49.0 Å². The van der Waals surface area contributed by atoms with Crippen molar-refractivity contribution in [1.29, 1.82) is 0 Å². The van der Waals surface area contributed by atoms with E-state index < -0.39 is 0 Å². The molecule has 24 heavy (non-hydrogen) atoms. The van der Waals surface area contributed by atoms with Gasteiger partial charge in [-0.05, 0) is 46.1 Å². The van der Waals surface area contributed by atoms with Crippen molar-refractivity contribution in [3.63, 3.8) is 0 Å².